The predicted octanol–water partition coefficient (Wildman–Crippen LogP) is 2.84. The van der Waals surface area contributed by atoms with Gasteiger partial charge in [-0.1, -0.05) is 18.5 Å². The van der Waals surface area contributed by atoms with E-state index in [1.54, 1.807) is 25.3 Å². The Bertz CT molecular complexity index is 407. The van der Waals surface area contributed by atoms with Gasteiger partial charge in [-0.25, -0.2) is 0 Å². The third kappa shape index (κ3) is 4.67. The summed E-state index contributed by atoms with van der Waals surface area (Å²) in [5, 5.41) is 0.619. The van der Waals surface area contributed by atoms with E-state index in [2.05, 4.69) is 0 Å². The lowest BCUT2D eigenvalue weighted by molar-refractivity contribution is -0.118. The highest BCUT2D eigenvalue weighted by molar-refractivity contribution is 6.30. The minimum absolute atomic E-state index is 0.191. The van der Waals surface area contributed by atoms with Crippen molar-refractivity contribution in [2.45, 2.75) is 26.2 Å². The van der Waals surface area contributed by atoms with Crippen molar-refractivity contribution < 1.29 is 9.53 Å². The van der Waals surface area contributed by atoms with Crippen molar-refractivity contribution in [2.75, 3.05) is 13.7 Å². The van der Waals surface area contributed by atoms with Gasteiger partial charge in [0.15, 0.2) is 0 Å². The van der Waals surface area contributed by atoms with Gasteiger partial charge in [0.25, 0.3) is 0 Å². The van der Waals surface area contributed by atoms with Gasteiger partial charge in [-0.2, -0.15) is 0 Å². The Labute approximate surface area is 113 Å². The Morgan fingerprint density at radius 3 is 2.83 bits per heavy atom. The molecule has 1 atom stereocenters. The van der Waals surface area contributed by atoms with E-state index >= 15 is 0 Å². The summed E-state index contributed by atoms with van der Waals surface area (Å²) in [6, 6.07) is 5.32. The predicted molar refractivity (Wildman–Crippen MR) is 74.2 cm³/mol. The van der Waals surface area contributed by atoms with Crippen LogP contribution >= 0.6 is 11.6 Å². The van der Waals surface area contributed by atoms with E-state index in [1.807, 2.05) is 6.92 Å². The third-order valence-corrected chi connectivity index (χ3v) is 3.18. The topological polar surface area (TPSA) is 52.3 Å². The summed E-state index contributed by atoms with van der Waals surface area (Å²) >= 11 is 5.92. The fourth-order valence-electron chi connectivity index (χ4n) is 1.71. The van der Waals surface area contributed by atoms with Gasteiger partial charge in [0.2, 0.25) is 0 Å². The number of ketones is 1. The molecule has 0 bridgehead atoms. The van der Waals surface area contributed by atoms with E-state index in [0.717, 1.165) is 12.0 Å². The first-order chi connectivity index (χ1) is 8.56. The van der Waals surface area contributed by atoms with Crippen molar-refractivity contribution in [3.8, 4) is 5.75 Å². The van der Waals surface area contributed by atoms with Crippen LogP contribution in [0.15, 0.2) is 18.2 Å². The van der Waals surface area contributed by atoms with E-state index in [1.165, 1.54) is 0 Å². The third-order valence-electron chi connectivity index (χ3n) is 2.95. The molecular formula is C14H20ClNO2. The average molecular weight is 270 g/mol. The molecule has 0 aliphatic carbocycles. The molecule has 1 rings (SSSR count). The van der Waals surface area contributed by atoms with Crippen molar-refractivity contribution in [3.63, 3.8) is 0 Å². The van der Waals surface area contributed by atoms with E-state index < -0.39 is 0 Å². The lowest BCUT2D eigenvalue weighted by Gasteiger charge is -2.10. The second-order valence-electron chi connectivity index (χ2n) is 4.55. The Kier molecular flexibility index (Phi) is 6.16. The smallest absolute Gasteiger partial charge is 0.137 e. The molecule has 1 aromatic rings. The van der Waals surface area contributed by atoms with Crippen molar-refractivity contribution in [3.05, 3.63) is 28.8 Å². The monoisotopic (exact) mass is 269 g/mol. The average Bonchev–Trinajstić information content (AvgIpc) is 2.36. The van der Waals surface area contributed by atoms with Gasteiger partial charge in [-0.15, -0.1) is 0 Å². The molecule has 0 aliphatic rings. The van der Waals surface area contributed by atoms with Crippen molar-refractivity contribution in [2.24, 2.45) is 11.7 Å². The van der Waals surface area contributed by atoms with Crippen LogP contribution in [0.5, 0.6) is 5.75 Å². The normalized spacial score (nSPS) is 12.2. The Morgan fingerprint density at radius 2 is 2.22 bits per heavy atom. The first-order valence-corrected chi connectivity index (χ1v) is 6.48. The largest absolute Gasteiger partial charge is 0.496 e. The molecule has 0 radical (unpaired) electrons. The highest BCUT2D eigenvalue weighted by atomic mass is 35.5. The minimum atomic E-state index is 0.191. The number of hydrogen-bond acceptors (Lipinski definition) is 3. The number of carbonyl (C=O) groups is 1. The van der Waals surface area contributed by atoms with Gasteiger partial charge in [0, 0.05) is 23.4 Å². The molecular weight excluding hydrogens is 250 g/mol. The summed E-state index contributed by atoms with van der Waals surface area (Å²) < 4.78 is 5.22. The highest BCUT2D eigenvalue weighted by Crippen LogP contribution is 2.23. The van der Waals surface area contributed by atoms with E-state index in [0.29, 0.717) is 36.1 Å². The fourth-order valence-corrected chi connectivity index (χ4v) is 1.91. The van der Waals surface area contributed by atoms with Gasteiger partial charge in [0.1, 0.15) is 11.5 Å². The number of hydrogen-bond donors (Lipinski definition) is 1. The first-order valence-electron chi connectivity index (χ1n) is 6.11. The van der Waals surface area contributed by atoms with Crippen molar-refractivity contribution >= 4 is 17.4 Å². The lowest BCUT2D eigenvalue weighted by Crippen LogP contribution is -2.13. The number of nitrogens with two attached hydrogens (primary N) is 1. The number of benzene rings is 1. The molecule has 0 aliphatic heterocycles. The summed E-state index contributed by atoms with van der Waals surface area (Å²) in [5.74, 6) is 1.28. The molecule has 1 unspecified atom stereocenters. The number of ether oxygens (including phenoxy) is 1. The highest BCUT2D eigenvalue weighted by Gasteiger charge is 2.11. The molecule has 3 nitrogen and oxygen atoms in total. The van der Waals surface area contributed by atoms with Gasteiger partial charge < -0.3 is 10.5 Å². The summed E-state index contributed by atoms with van der Waals surface area (Å²) in [7, 11) is 1.59. The SMILES string of the molecule is COc1ccc(Cl)cc1CC(=O)CCC(C)CN. The summed E-state index contributed by atoms with van der Waals surface area (Å²) in [6.45, 7) is 2.67. The standard InChI is InChI=1S/C14H20ClNO2/c1-10(9-16)3-5-13(17)8-11-7-12(15)4-6-14(11)18-2/h4,6-7,10H,3,5,8-9,16H2,1-2H3. The summed E-state index contributed by atoms with van der Waals surface area (Å²) in [6.07, 6.45) is 1.74. The molecule has 2 N–H and O–H groups in total. The van der Waals surface area contributed by atoms with E-state index in [9.17, 15) is 4.79 Å². The zero-order valence-corrected chi connectivity index (χ0v) is 11.7. The molecule has 0 fully saturated rings. The molecule has 18 heavy (non-hydrogen) atoms. The Hall–Kier alpha value is -1.06. The Morgan fingerprint density at radius 1 is 1.50 bits per heavy atom. The maximum atomic E-state index is 11.9. The second kappa shape index (κ2) is 7.39. The quantitative estimate of drug-likeness (QED) is 0.828. The van der Waals surface area contributed by atoms with Crippen LogP contribution in [0.4, 0.5) is 0 Å². The second-order valence-corrected chi connectivity index (χ2v) is 4.99. The molecule has 1 aromatic carbocycles. The number of rotatable bonds is 7. The fraction of sp³-hybridized carbons (Fsp3) is 0.500. The van der Waals surface area contributed by atoms with Gasteiger partial charge in [0.05, 0.1) is 7.11 Å². The molecule has 0 heterocycles. The molecule has 0 amide bonds. The minimum Gasteiger partial charge on any atom is -0.496 e. The van der Waals surface area contributed by atoms with Gasteiger partial charge >= 0.3 is 0 Å². The molecule has 0 saturated carbocycles. The molecule has 0 aromatic heterocycles. The zero-order valence-electron chi connectivity index (χ0n) is 10.9. The number of Topliss-reactive ketones (excluding diaryl/α,β-unsaturated/α-hetero) is 1. The van der Waals surface area contributed by atoms with Crippen LogP contribution in [0.3, 0.4) is 0 Å². The summed E-state index contributed by atoms with van der Waals surface area (Å²) in [5.41, 5.74) is 6.37. The van der Waals surface area contributed by atoms with Gasteiger partial charge in [-0.05, 0) is 37.1 Å². The molecule has 100 valence electrons. The van der Waals surface area contributed by atoms with Crippen LogP contribution in [0, 0.1) is 5.92 Å². The van der Waals surface area contributed by atoms with E-state index in [-0.39, 0.29) is 5.78 Å². The van der Waals surface area contributed by atoms with Crippen LogP contribution in [-0.4, -0.2) is 19.4 Å². The first kappa shape index (κ1) is 15.0. The molecule has 0 saturated heterocycles. The van der Waals surface area contributed by atoms with Crippen LogP contribution in [-0.2, 0) is 11.2 Å². The maximum absolute atomic E-state index is 11.9. The molecule has 0 spiro atoms. The van der Waals surface area contributed by atoms with Crippen molar-refractivity contribution in [1.29, 1.82) is 0 Å². The summed E-state index contributed by atoms with van der Waals surface area (Å²) in [4.78, 5) is 11.9. The van der Waals surface area contributed by atoms with Crippen LogP contribution in [0.25, 0.3) is 0 Å². The number of carbonyl (C=O) groups excluding carboxylic acids is 1. The Balaban J connectivity index is 2.61. The number of methoxy groups -OCH3 is 1. The van der Waals surface area contributed by atoms with E-state index in [4.69, 9.17) is 22.1 Å². The maximum Gasteiger partial charge on any atom is 0.137 e. The number of halogens is 1. The van der Waals surface area contributed by atoms with Crippen molar-refractivity contribution in [1.82, 2.24) is 0 Å². The van der Waals surface area contributed by atoms with Crippen LogP contribution < -0.4 is 10.5 Å². The molecule has 4 heteroatoms. The van der Waals surface area contributed by atoms with Crippen LogP contribution in [0.2, 0.25) is 5.02 Å². The van der Waals surface area contributed by atoms with Gasteiger partial charge in [-0.3, -0.25) is 4.79 Å². The van der Waals surface area contributed by atoms with Crippen LogP contribution in [0.1, 0.15) is 25.3 Å². The zero-order chi connectivity index (χ0) is 13.5. The lowest BCUT2D eigenvalue weighted by atomic mass is 10.00.